The Bertz CT molecular complexity index is 327. The second-order valence-corrected chi connectivity index (χ2v) is 3.25. The first-order valence-corrected chi connectivity index (χ1v) is 4.54. The largest absolute Gasteiger partial charge is 0.475 e. The van der Waals surface area contributed by atoms with Gasteiger partial charge in [-0.05, 0) is 12.8 Å². The van der Waals surface area contributed by atoms with Crippen LogP contribution in [0.3, 0.4) is 0 Å². The SMILES string of the molecule is O=C(O)c1cnc(C2CCOCC2)o1. The minimum Gasteiger partial charge on any atom is -0.475 e. The summed E-state index contributed by atoms with van der Waals surface area (Å²) < 4.78 is 10.3. The zero-order valence-electron chi connectivity index (χ0n) is 7.60. The Morgan fingerprint density at radius 2 is 2.21 bits per heavy atom. The number of carboxylic acid groups (broad SMARTS) is 1. The maximum Gasteiger partial charge on any atom is 0.373 e. The molecule has 1 aromatic rings. The first-order valence-electron chi connectivity index (χ1n) is 4.54. The highest BCUT2D eigenvalue weighted by atomic mass is 16.5. The third-order valence-electron chi connectivity index (χ3n) is 2.30. The van der Waals surface area contributed by atoms with Crippen molar-refractivity contribution in [1.29, 1.82) is 0 Å². The molecule has 0 amide bonds. The fraction of sp³-hybridized carbons (Fsp3) is 0.556. The number of carbonyl (C=O) groups is 1. The van der Waals surface area contributed by atoms with Crippen LogP contribution in [0.15, 0.2) is 10.6 Å². The molecule has 0 saturated carbocycles. The van der Waals surface area contributed by atoms with Gasteiger partial charge in [0.15, 0.2) is 5.89 Å². The molecule has 1 saturated heterocycles. The maximum atomic E-state index is 10.5. The third kappa shape index (κ3) is 1.77. The van der Waals surface area contributed by atoms with Crippen molar-refractivity contribution < 1.29 is 19.1 Å². The molecule has 0 aromatic carbocycles. The average Bonchev–Trinajstić information content (AvgIpc) is 2.68. The molecule has 0 radical (unpaired) electrons. The third-order valence-corrected chi connectivity index (χ3v) is 2.30. The van der Waals surface area contributed by atoms with E-state index < -0.39 is 5.97 Å². The van der Waals surface area contributed by atoms with E-state index in [0.29, 0.717) is 19.1 Å². The molecular formula is C9H11NO4. The molecule has 1 aromatic heterocycles. The molecule has 1 aliphatic heterocycles. The van der Waals surface area contributed by atoms with Crippen LogP contribution in [-0.4, -0.2) is 29.3 Å². The van der Waals surface area contributed by atoms with Crippen LogP contribution in [0.25, 0.3) is 0 Å². The standard InChI is InChI=1S/C9H11NO4/c11-9(12)7-5-10-8(14-7)6-1-3-13-4-2-6/h5-6H,1-4H2,(H,11,12). The molecule has 1 fully saturated rings. The Kier molecular flexibility index (Phi) is 2.49. The Labute approximate surface area is 80.7 Å². The van der Waals surface area contributed by atoms with Gasteiger partial charge in [-0.1, -0.05) is 0 Å². The van der Waals surface area contributed by atoms with Crippen molar-refractivity contribution in [1.82, 2.24) is 4.98 Å². The number of hydrogen-bond donors (Lipinski definition) is 1. The Morgan fingerprint density at radius 1 is 1.50 bits per heavy atom. The van der Waals surface area contributed by atoms with Crippen molar-refractivity contribution in [2.24, 2.45) is 0 Å². The zero-order valence-corrected chi connectivity index (χ0v) is 7.60. The lowest BCUT2D eigenvalue weighted by atomic mass is 10.0. The molecule has 0 atom stereocenters. The monoisotopic (exact) mass is 197 g/mol. The fourth-order valence-electron chi connectivity index (χ4n) is 1.52. The molecule has 14 heavy (non-hydrogen) atoms. The lowest BCUT2D eigenvalue weighted by molar-refractivity contribution is 0.0646. The lowest BCUT2D eigenvalue weighted by Crippen LogP contribution is -2.14. The first-order chi connectivity index (χ1) is 6.77. The molecule has 5 heteroatoms. The number of aromatic carboxylic acids is 1. The number of ether oxygens (including phenoxy) is 1. The maximum absolute atomic E-state index is 10.5. The van der Waals surface area contributed by atoms with Crippen LogP contribution in [0, 0.1) is 0 Å². The van der Waals surface area contributed by atoms with Crippen molar-refractivity contribution >= 4 is 5.97 Å². The molecule has 0 unspecified atom stereocenters. The molecule has 1 aliphatic rings. The van der Waals surface area contributed by atoms with E-state index in [-0.39, 0.29) is 11.7 Å². The quantitative estimate of drug-likeness (QED) is 0.772. The van der Waals surface area contributed by atoms with E-state index in [1.54, 1.807) is 0 Å². The van der Waals surface area contributed by atoms with E-state index >= 15 is 0 Å². The van der Waals surface area contributed by atoms with Gasteiger partial charge < -0.3 is 14.3 Å². The summed E-state index contributed by atoms with van der Waals surface area (Å²) in [5, 5.41) is 8.64. The first kappa shape index (κ1) is 9.21. The van der Waals surface area contributed by atoms with E-state index in [4.69, 9.17) is 14.3 Å². The van der Waals surface area contributed by atoms with Gasteiger partial charge >= 0.3 is 5.97 Å². The molecule has 2 rings (SSSR count). The zero-order chi connectivity index (χ0) is 9.97. The summed E-state index contributed by atoms with van der Waals surface area (Å²) in [7, 11) is 0. The molecule has 5 nitrogen and oxygen atoms in total. The van der Waals surface area contributed by atoms with Crippen molar-refractivity contribution in [3.05, 3.63) is 17.8 Å². The number of carboxylic acids is 1. The van der Waals surface area contributed by atoms with Crippen molar-refractivity contribution in [3.63, 3.8) is 0 Å². The van der Waals surface area contributed by atoms with Gasteiger partial charge in [0.1, 0.15) is 0 Å². The topological polar surface area (TPSA) is 72.6 Å². The average molecular weight is 197 g/mol. The molecule has 1 N–H and O–H groups in total. The highest BCUT2D eigenvalue weighted by Gasteiger charge is 2.22. The summed E-state index contributed by atoms with van der Waals surface area (Å²) in [5.41, 5.74) is 0. The second-order valence-electron chi connectivity index (χ2n) is 3.25. The van der Waals surface area contributed by atoms with Gasteiger partial charge in [0.25, 0.3) is 0 Å². The molecule has 0 spiro atoms. The Hall–Kier alpha value is -1.36. The van der Waals surface area contributed by atoms with Crippen molar-refractivity contribution in [2.45, 2.75) is 18.8 Å². The summed E-state index contributed by atoms with van der Waals surface area (Å²) in [5.74, 6) is -0.440. The van der Waals surface area contributed by atoms with Crippen LogP contribution < -0.4 is 0 Å². The van der Waals surface area contributed by atoms with Crippen LogP contribution in [0.1, 0.15) is 35.2 Å². The predicted molar refractivity (Wildman–Crippen MR) is 46.3 cm³/mol. The predicted octanol–water partition coefficient (Wildman–Crippen LogP) is 1.27. The summed E-state index contributed by atoms with van der Waals surface area (Å²) in [6.07, 6.45) is 2.95. The van der Waals surface area contributed by atoms with E-state index in [9.17, 15) is 4.79 Å². The van der Waals surface area contributed by atoms with Gasteiger partial charge in [0.05, 0.1) is 6.20 Å². The molecule has 0 aliphatic carbocycles. The Morgan fingerprint density at radius 3 is 2.79 bits per heavy atom. The van der Waals surface area contributed by atoms with Gasteiger partial charge in [0, 0.05) is 19.1 Å². The second kappa shape index (κ2) is 3.79. The van der Waals surface area contributed by atoms with Gasteiger partial charge in [-0.15, -0.1) is 0 Å². The van der Waals surface area contributed by atoms with E-state index in [1.165, 1.54) is 6.20 Å². The van der Waals surface area contributed by atoms with Gasteiger partial charge in [-0.25, -0.2) is 9.78 Å². The minimum absolute atomic E-state index is 0.0912. The molecule has 0 bridgehead atoms. The minimum atomic E-state index is -1.07. The molecular weight excluding hydrogens is 186 g/mol. The molecule has 76 valence electrons. The lowest BCUT2D eigenvalue weighted by Gasteiger charge is -2.18. The highest BCUT2D eigenvalue weighted by molar-refractivity contribution is 5.83. The summed E-state index contributed by atoms with van der Waals surface area (Å²) in [6, 6.07) is 0. The van der Waals surface area contributed by atoms with Crippen LogP contribution >= 0.6 is 0 Å². The number of nitrogens with zero attached hydrogens (tertiary/aromatic N) is 1. The van der Waals surface area contributed by atoms with Crippen LogP contribution in [0.4, 0.5) is 0 Å². The fourth-order valence-corrected chi connectivity index (χ4v) is 1.52. The van der Waals surface area contributed by atoms with E-state index in [2.05, 4.69) is 4.98 Å². The van der Waals surface area contributed by atoms with Gasteiger partial charge in [-0.3, -0.25) is 0 Å². The number of hydrogen-bond acceptors (Lipinski definition) is 4. The van der Waals surface area contributed by atoms with Crippen molar-refractivity contribution in [2.75, 3.05) is 13.2 Å². The number of oxazole rings is 1. The van der Waals surface area contributed by atoms with Crippen LogP contribution in [-0.2, 0) is 4.74 Å². The number of aromatic nitrogens is 1. The summed E-state index contributed by atoms with van der Waals surface area (Å²) >= 11 is 0. The van der Waals surface area contributed by atoms with E-state index in [1.807, 2.05) is 0 Å². The smallest absolute Gasteiger partial charge is 0.373 e. The van der Waals surface area contributed by atoms with E-state index in [0.717, 1.165) is 12.8 Å². The molecule has 2 heterocycles. The van der Waals surface area contributed by atoms with Crippen molar-refractivity contribution in [3.8, 4) is 0 Å². The van der Waals surface area contributed by atoms with Gasteiger partial charge in [0.2, 0.25) is 5.76 Å². The number of rotatable bonds is 2. The summed E-state index contributed by atoms with van der Waals surface area (Å²) in [6.45, 7) is 1.38. The summed E-state index contributed by atoms with van der Waals surface area (Å²) in [4.78, 5) is 14.5. The Balaban J connectivity index is 2.11. The van der Waals surface area contributed by atoms with Gasteiger partial charge in [-0.2, -0.15) is 0 Å². The van der Waals surface area contributed by atoms with Crippen LogP contribution in [0.2, 0.25) is 0 Å². The normalized spacial score (nSPS) is 18.3. The highest BCUT2D eigenvalue weighted by Crippen LogP contribution is 2.26. The van der Waals surface area contributed by atoms with Crippen LogP contribution in [0.5, 0.6) is 0 Å².